The van der Waals surface area contributed by atoms with Gasteiger partial charge >= 0.3 is 5.97 Å². The van der Waals surface area contributed by atoms with Crippen LogP contribution in [0.1, 0.15) is 55.1 Å². The van der Waals surface area contributed by atoms with Gasteiger partial charge in [0.2, 0.25) is 0 Å². The van der Waals surface area contributed by atoms with Crippen molar-refractivity contribution >= 4 is 17.8 Å². The van der Waals surface area contributed by atoms with E-state index in [2.05, 4.69) is 15.8 Å². The first-order chi connectivity index (χ1) is 11.4. The molecule has 8 nitrogen and oxygen atoms in total. The lowest BCUT2D eigenvalue weighted by Gasteiger charge is -2.07. The third kappa shape index (κ3) is 3.32. The molecule has 0 spiro atoms. The molecule has 0 aliphatic carbocycles. The number of rotatable bonds is 4. The van der Waals surface area contributed by atoms with Gasteiger partial charge in [-0.3, -0.25) is 20.4 Å². The van der Waals surface area contributed by atoms with Gasteiger partial charge in [-0.1, -0.05) is 0 Å². The molecular weight excluding hydrogens is 314 g/mol. The zero-order chi connectivity index (χ0) is 17.9. The molecule has 24 heavy (non-hydrogen) atoms. The highest BCUT2D eigenvalue weighted by Gasteiger charge is 2.23. The second-order valence-electron chi connectivity index (χ2n) is 5.14. The Morgan fingerprint density at radius 2 is 1.83 bits per heavy atom. The Hall–Kier alpha value is -3.03. The number of amides is 2. The number of aromatic nitrogens is 1. The van der Waals surface area contributed by atoms with E-state index in [-0.39, 0.29) is 17.9 Å². The van der Waals surface area contributed by atoms with E-state index in [1.54, 1.807) is 27.7 Å². The summed E-state index contributed by atoms with van der Waals surface area (Å²) in [5.41, 5.74) is 6.42. The van der Waals surface area contributed by atoms with Crippen LogP contribution in [-0.2, 0) is 4.74 Å². The summed E-state index contributed by atoms with van der Waals surface area (Å²) in [6.07, 6.45) is 1.39. The molecule has 8 heteroatoms. The summed E-state index contributed by atoms with van der Waals surface area (Å²) < 4.78 is 9.97. The summed E-state index contributed by atoms with van der Waals surface area (Å²) in [7, 11) is 0. The summed E-state index contributed by atoms with van der Waals surface area (Å²) in [5, 5.41) is 0. The molecule has 2 heterocycles. The first-order valence-electron chi connectivity index (χ1n) is 7.37. The van der Waals surface area contributed by atoms with Crippen LogP contribution >= 0.6 is 0 Å². The normalized spacial score (nSPS) is 10.3. The van der Waals surface area contributed by atoms with Crippen LogP contribution in [0.2, 0.25) is 0 Å². The van der Waals surface area contributed by atoms with Gasteiger partial charge in [0.15, 0.2) is 0 Å². The minimum Gasteiger partial charge on any atom is -0.469 e. The van der Waals surface area contributed by atoms with Crippen LogP contribution < -0.4 is 10.9 Å². The smallest absolute Gasteiger partial charge is 0.355 e. The topological polar surface area (TPSA) is 113 Å². The summed E-state index contributed by atoms with van der Waals surface area (Å²) >= 11 is 0. The van der Waals surface area contributed by atoms with Crippen molar-refractivity contribution in [2.75, 3.05) is 6.61 Å². The molecule has 0 aliphatic heterocycles. The van der Waals surface area contributed by atoms with Gasteiger partial charge in [-0.2, -0.15) is 0 Å². The molecule has 0 unspecified atom stereocenters. The molecule has 0 bridgehead atoms. The number of carbonyl (C=O) groups is 3. The first-order valence-corrected chi connectivity index (χ1v) is 7.37. The largest absolute Gasteiger partial charge is 0.469 e. The monoisotopic (exact) mass is 333 g/mol. The van der Waals surface area contributed by atoms with Crippen molar-refractivity contribution in [2.45, 2.75) is 27.7 Å². The van der Waals surface area contributed by atoms with Crippen LogP contribution in [0.5, 0.6) is 0 Å². The Balaban J connectivity index is 2.11. The molecule has 0 atom stereocenters. The van der Waals surface area contributed by atoms with Crippen LogP contribution in [0.4, 0.5) is 0 Å². The van der Waals surface area contributed by atoms with Crippen molar-refractivity contribution in [3.05, 3.63) is 46.2 Å². The van der Waals surface area contributed by atoms with E-state index in [9.17, 15) is 14.4 Å². The van der Waals surface area contributed by atoms with Crippen molar-refractivity contribution in [2.24, 2.45) is 0 Å². The van der Waals surface area contributed by atoms with Crippen molar-refractivity contribution < 1.29 is 23.5 Å². The Kier molecular flexibility index (Phi) is 5.08. The van der Waals surface area contributed by atoms with Crippen molar-refractivity contribution in [3.8, 4) is 0 Å². The van der Waals surface area contributed by atoms with Gasteiger partial charge in [-0.15, -0.1) is 0 Å². The Bertz CT molecular complexity index is 788. The van der Waals surface area contributed by atoms with Gasteiger partial charge in [0.25, 0.3) is 11.8 Å². The number of carbonyl (C=O) groups excluding carboxylic acids is 3. The molecule has 2 aromatic heterocycles. The number of ether oxygens (including phenoxy) is 1. The molecule has 0 saturated heterocycles. The summed E-state index contributed by atoms with van der Waals surface area (Å²) in [6, 6.07) is 1.50. The maximum atomic E-state index is 12.3. The second kappa shape index (κ2) is 7.03. The standard InChI is InChI=1S/C16H19N3O5/c1-5-23-16(22)13-8(2)12(9(3)17-13)15(21)19-18-14(20)11-6-7-24-10(11)4/h6-7,17H,5H2,1-4H3,(H,18,20)(H,19,21). The average molecular weight is 333 g/mol. The predicted octanol–water partition coefficient (Wildman–Crippen LogP) is 1.78. The van der Waals surface area contributed by atoms with Crippen LogP contribution in [0.3, 0.4) is 0 Å². The van der Waals surface area contributed by atoms with E-state index in [1.807, 2.05) is 0 Å². The van der Waals surface area contributed by atoms with E-state index >= 15 is 0 Å². The molecule has 128 valence electrons. The van der Waals surface area contributed by atoms with Crippen molar-refractivity contribution in [3.63, 3.8) is 0 Å². The number of furan rings is 1. The maximum Gasteiger partial charge on any atom is 0.355 e. The van der Waals surface area contributed by atoms with Crippen LogP contribution in [0.15, 0.2) is 16.7 Å². The predicted molar refractivity (Wildman–Crippen MR) is 84.6 cm³/mol. The molecule has 3 N–H and O–H groups in total. The summed E-state index contributed by atoms with van der Waals surface area (Å²) in [6.45, 7) is 6.87. The quantitative estimate of drug-likeness (QED) is 0.583. The number of H-pyrrole nitrogens is 1. The van der Waals surface area contributed by atoms with Gasteiger partial charge in [-0.05, 0) is 39.3 Å². The summed E-state index contributed by atoms with van der Waals surface area (Å²) in [5.74, 6) is -1.12. The number of hydrogen-bond donors (Lipinski definition) is 3. The van der Waals surface area contributed by atoms with Gasteiger partial charge in [0.05, 0.1) is 24.0 Å². The summed E-state index contributed by atoms with van der Waals surface area (Å²) in [4.78, 5) is 39.0. The molecule has 0 fully saturated rings. The van der Waals surface area contributed by atoms with E-state index in [4.69, 9.17) is 9.15 Å². The molecule has 0 aromatic carbocycles. The van der Waals surface area contributed by atoms with Gasteiger partial charge in [0, 0.05) is 5.69 Å². The zero-order valence-electron chi connectivity index (χ0n) is 13.9. The lowest BCUT2D eigenvalue weighted by atomic mass is 10.1. The molecule has 2 amide bonds. The first kappa shape index (κ1) is 17.3. The van der Waals surface area contributed by atoms with Crippen molar-refractivity contribution in [1.29, 1.82) is 0 Å². The minimum atomic E-state index is -0.536. The van der Waals surface area contributed by atoms with Gasteiger partial charge in [0.1, 0.15) is 11.5 Å². The fourth-order valence-corrected chi connectivity index (χ4v) is 2.36. The number of hydrazine groups is 1. The Morgan fingerprint density at radius 3 is 2.42 bits per heavy atom. The lowest BCUT2D eigenvalue weighted by Crippen LogP contribution is -2.42. The van der Waals surface area contributed by atoms with Gasteiger partial charge in [-0.25, -0.2) is 4.79 Å². The molecule has 0 radical (unpaired) electrons. The molecule has 2 aromatic rings. The number of esters is 1. The fourth-order valence-electron chi connectivity index (χ4n) is 2.36. The van der Waals surface area contributed by atoms with E-state index in [0.717, 1.165) is 0 Å². The highest BCUT2D eigenvalue weighted by atomic mass is 16.5. The maximum absolute atomic E-state index is 12.3. The molecule has 0 saturated carbocycles. The van der Waals surface area contributed by atoms with Crippen LogP contribution in [-0.4, -0.2) is 29.4 Å². The van der Waals surface area contributed by atoms with Gasteiger partial charge < -0.3 is 14.1 Å². The zero-order valence-corrected chi connectivity index (χ0v) is 13.9. The van der Waals surface area contributed by atoms with E-state index < -0.39 is 17.8 Å². The third-order valence-corrected chi connectivity index (χ3v) is 3.54. The molecular formula is C16H19N3O5. The second-order valence-corrected chi connectivity index (χ2v) is 5.14. The Labute approximate surface area is 138 Å². The highest BCUT2D eigenvalue weighted by molar-refractivity contribution is 6.03. The average Bonchev–Trinajstić information content (AvgIpc) is 3.08. The van der Waals surface area contributed by atoms with E-state index in [1.165, 1.54) is 12.3 Å². The van der Waals surface area contributed by atoms with E-state index in [0.29, 0.717) is 22.6 Å². The minimum absolute atomic E-state index is 0.219. The van der Waals surface area contributed by atoms with Crippen LogP contribution in [0.25, 0.3) is 0 Å². The Morgan fingerprint density at radius 1 is 1.17 bits per heavy atom. The SMILES string of the molecule is CCOC(=O)c1[nH]c(C)c(C(=O)NNC(=O)c2ccoc2C)c1C. The number of nitrogens with one attached hydrogen (secondary N) is 3. The van der Waals surface area contributed by atoms with Crippen molar-refractivity contribution in [1.82, 2.24) is 15.8 Å². The highest BCUT2D eigenvalue weighted by Crippen LogP contribution is 2.18. The molecule has 2 rings (SSSR count). The number of aromatic amines is 1. The third-order valence-electron chi connectivity index (χ3n) is 3.54. The fraction of sp³-hybridized carbons (Fsp3) is 0.312. The number of hydrogen-bond acceptors (Lipinski definition) is 5. The van der Waals surface area contributed by atoms with Crippen LogP contribution in [0, 0.1) is 20.8 Å². The number of aryl methyl sites for hydroxylation is 2. The lowest BCUT2D eigenvalue weighted by molar-refractivity contribution is 0.0519. The molecule has 0 aliphatic rings.